The number of halogens is 2. The zero-order valence-corrected chi connectivity index (χ0v) is 20.9. The first-order valence-corrected chi connectivity index (χ1v) is 12.7. The Bertz CT molecular complexity index is 1290. The van der Waals surface area contributed by atoms with Crippen molar-refractivity contribution in [1.82, 2.24) is 15.3 Å². The second-order valence-corrected chi connectivity index (χ2v) is 9.75. The predicted molar refractivity (Wildman–Crippen MR) is 138 cm³/mol. The van der Waals surface area contributed by atoms with Gasteiger partial charge in [-0.3, -0.25) is 9.59 Å². The summed E-state index contributed by atoms with van der Waals surface area (Å²) in [5.41, 5.74) is 1.28. The predicted octanol–water partition coefficient (Wildman–Crippen LogP) is 4.60. The molecule has 8 nitrogen and oxygen atoms in total. The van der Waals surface area contributed by atoms with E-state index in [0.717, 1.165) is 37.8 Å². The van der Waals surface area contributed by atoms with E-state index in [9.17, 15) is 14.0 Å². The molecule has 2 amide bonds. The van der Waals surface area contributed by atoms with Crippen LogP contribution < -0.4 is 20.3 Å². The molecule has 0 unspecified atom stereocenters. The number of hydrogen-bond donors (Lipinski definition) is 2. The second-order valence-electron chi connectivity index (χ2n) is 9.34. The summed E-state index contributed by atoms with van der Waals surface area (Å²) in [6, 6.07) is 11.0. The van der Waals surface area contributed by atoms with Crippen LogP contribution in [0.4, 0.5) is 16.0 Å². The van der Waals surface area contributed by atoms with Gasteiger partial charge in [-0.2, -0.15) is 0 Å². The average Bonchev–Trinajstić information content (AvgIpc) is 3.75. The average molecular weight is 524 g/mol. The molecule has 0 bridgehead atoms. The molecule has 1 atom stereocenters. The van der Waals surface area contributed by atoms with Crippen LogP contribution in [-0.4, -0.2) is 40.9 Å². The van der Waals surface area contributed by atoms with Crippen LogP contribution in [-0.2, 0) is 11.4 Å². The lowest BCUT2D eigenvalue weighted by Crippen LogP contribution is -2.48. The van der Waals surface area contributed by atoms with Crippen molar-refractivity contribution in [3.05, 3.63) is 76.8 Å². The van der Waals surface area contributed by atoms with Crippen LogP contribution in [0.2, 0.25) is 5.02 Å². The Balaban J connectivity index is 1.17. The van der Waals surface area contributed by atoms with Crippen molar-refractivity contribution in [3.63, 3.8) is 0 Å². The summed E-state index contributed by atoms with van der Waals surface area (Å²) in [6.45, 7) is 1.60. The number of aromatic nitrogens is 2. The number of ether oxygens (including phenoxy) is 1. The van der Waals surface area contributed by atoms with Crippen molar-refractivity contribution < 1.29 is 18.7 Å². The Kier molecular flexibility index (Phi) is 7.50. The van der Waals surface area contributed by atoms with E-state index >= 15 is 0 Å². The topological polar surface area (TPSA) is 96.5 Å². The van der Waals surface area contributed by atoms with E-state index < -0.39 is 0 Å². The van der Waals surface area contributed by atoms with Crippen molar-refractivity contribution in [1.29, 1.82) is 0 Å². The highest BCUT2D eigenvalue weighted by molar-refractivity contribution is 6.33. The molecule has 1 saturated carbocycles. The maximum Gasteiger partial charge on any atom is 0.251 e. The van der Waals surface area contributed by atoms with Crippen LogP contribution in [0.1, 0.15) is 41.6 Å². The number of rotatable bonds is 8. The summed E-state index contributed by atoms with van der Waals surface area (Å²) >= 11 is 6.54. The Morgan fingerprint density at radius 2 is 1.92 bits per heavy atom. The summed E-state index contributed by atoms with van der Waals surface area (Å²) in [6.07, 6.45) is 6.62. The number of amides is 2. The van der Waals surface area contributed by atoms with Crippen molar-refractivity contribution >= 4 is 35.1 Å². The lowest BCUT2D eigenvalue weighted by Gasteiger charge is -2.34. The smallest absolute Gasteiger partial charge is 0.251 e. The number of nitrogens with one attached hydrogen (secondary N) is 2. The third-order valence-corrected chi connectivity index (χ3v) is 6.67. The molecule has 1 aromatic carbocycles. The van der Waals surface area contributed by atoms with Gasteiger partial charge in [-0.15, -0.1) is 0 Å². The highest BCUT2D eigenvalue weighted by Gasteiger charge is 2.30. The Morgan fingerprint density at radius 3 is 2.68 bits per heavy atom. The standard InChI is InChI=1S/C27H27ClFN5O3/c28-23-13-22(37-16-17-3-7-20(29)8-4-17)14-31-25(23)34-11-1-2-21(15-34)32-27(36)19-9-10-30-24(12-19)33-26(35)18-5-6-18/h3-4,7-10,12-14,18,21H,1-2,5-6,11,15-16H2,(H,32,36)(H,30,33,35)/t21-/m1/s1. The number of carbonyl (C=O) groups is 2. The highest BCUT2D eigenvalue weighted by Crippen LogP contribution is 2.31. The molecule has 2 aromatic heterocycles. The number of piperidine rings is 1. The van der Waals surface area contributed by atoms with E-state index in [2.05, 4.69) is 20.6 Å². The minimum Gasteiger partial charge on any atom is -0.487 e. The first kappa shape index (κ1) is 25.0. The van der Waals surface area contributed by atoms with Gasteiger partial charge in [0, 0.05) is 42.9 Å². The number of nitrogens with zero attached hydrogens (tertiary/aromatic N) is 3. The van der Waals surface area contributed by atoms with E-state index in [-0.39, 0.29) is 36.2 Å². The molecule has 10 heteroatoms. The molecule has 1 saturated heterocycles. The molecule has 192 valence electrons. The molecule has 5 rings (SSSR count). The minimum absolute atomic E-state index is 0.0516. The quantitative estimate of drug-likeness (QED) is 0.448. The molecule has 0 radical (unpaired) electrons. The zero-order valence-electron chi connectivity index (χ0n) is 20.1. The fraction of sp³-hybridized carbons (Fsp3) is 0.333. The SMILES string of the molecule is O=C(N[C@@H]1CCCN(c2ncc(OCc3ccc(F)cc3)cc2Cl)C1)c1ccnc(NC(=O)C2CC2)c1. The summed E-state index contributed by atoms with van der Waals surface area (Å²) < 4.78 is 18.8. The van der Waals surface area contributed by atoms with Gasteiger partial charge in [-0.05, 0) is 55.5 Å². The lowest BCUT2D eigenvalue weighted by molar-refractivity contribution is -0.117. The van der Waals surface area contributed by atoms with E-state index in [4.69, 9.17) is 16.3 Å². The van der Waals surface area contributed by atoms with Crippen LogP contribution in [0.3, 0.4) is 0 Å². The van der Waals surface area contributed by atoms with Gasteiger partial charge in [-0.25, -0.2) is 14.4 Å². The van der Waals surface area contributed by atoms with Gasteiger partial charge in [0.05, 0.1) is 11.2 Å². The van der Waals surface area contributed by atoms with Crippen LogP contribution in [0, 0.1) is 11.7 Å². The molecule has 2 fully saturated rings. The van der Waals surface area contributed by atoms with E-state index in [1.807, 2.05) is 4.90 Å². The zero-order chi connectivity index (χ0) is 25.8. The van der Waals surface area contributed by atoms with Crippen LogP contribution in [0.15, 0.2) is 54.9 Å². The van der Waals surface area contributed by atoms with Crippen molar-refractivity contribution in [2.24, 2.45) is 5.92 Å². The molecular formula is C27H27ClFN5O3. The summed E-state index contributed by atoms with van der Waals surface area (Å²) in [5.74, 6) is 1.02. The molecule has 1 aliphatic carbocycles. The van der Waals surface area contributed by atoms with Crippen molar-refractivity contribution in [2.45, 2.75) is 38.3 Å². The molecule has 0 spiro atoms. The molecule has 2 N–H and O–H groups in total. The van der Waals surface area contributed by atoms with Gasteiger partial charge in [0.15, 0.2) is 0 Å². The number of anilines is 2. The fourth-order valence-electron chi connectivity index (χ4n) is 4.24. The highest BCUT2D eigenvalue weighted by atomic mass is 35.5. The molecule has 2 aliphatic rings. The normalized spacial score (nSPS) is 17.2. The lowest BCUT2D eigenvalue weighted by atomic mass is 10.0. The molecule has 3 aromatic rings. The largest absolute Gasteiger partial charge is 0.487 e. The minimum atomic E-state index is -0.295. The first-order valence-electron chi connectivity index (χ1n) is 12.3. The third-order valence-electron chi connectivity index (χ3n) is 6.39. The number of carbonyl (C=O) groups excluding carboxylic acids is 2. The van der Waals surface area contributed by atoms with Crippen molar-refractivity contribution in [2.75, 3.05) is 23.3 Å². The number of hydrogen-bond acceptors (Lipinski definition) is 6. The van der Waals surface area contributed by atoms with E-state index in [1.165, 1.54) is 18.3 Å². The molecule has 3 heterocycles. The third kappa shape index (κ3) is 6.54. The van der Waals surface area contributed by atoms with Gasteiger partial charge in [0.1, 0.15) is 29.8 Å². The molecule has 37 heavy (non-hydrogen) atoms. The van der Waals surface area contributed by atoms with Crippen LogP contribution in [0.25, 0.3) is 0 Å². The maximum atomic E-state index is 13.1. The Morgan fingerprint density at radius 1 is 1.11 bits per heavy atom. The van der Waals surface area contributed by atoms with Gasteiger partial charge < -0.3 is 20.3 Å². The molecule has 1 aliphatic heterocycles. The van der Waals surface area contributed by atoms with E-state index in [1.54, 1.807) is 36.5 Å². The van der Waals surface area contributed by atoms with Gasteiger partial charge >= 0.3 is 0 Å². The number of pyridine rings is 2. The number of benzene rings is 1. The van der Waals surface area contributed by atoms with Gasteiger partial charge in [-0.1, -0.05) is 23.7 Å². The second kappa shape index (κ2) is 11.1. The van der Waals surface area contributed by atoms with Crippen LogP contribution >= 0.6 is 11.6 Å². The Labute approximate surface area is 219 Å². The van der Waals surface area contributed by atoms with Gasteiger partial charge in [0.25, 0.3) is 5.91 Å². The van der Waals surface area contributed by atoms with Gasteiger partial charge in [0.2, 0.25) is 5.91 Å². The summed E-state index contributed by atoms with van der Waals surface area (Å²) in [4.78, 5) is 35.6. The van der Waals surface area contributed by atoms with Crippen LogP contribution in [0.5, 0.6) is 5.75 Å². The first-order chi connectivity index (χ1) is 17.9. The Hall–Kier alpha value is -3.72. The summed E-state index contributed by atoms with van der Waals surface area (Å²) in [5, 5.41) is 6.31. The molecular weight excluding hydrogens is 497 g/mol. The van der Waals surface area contributed by atoms with E-state index in [0.29, 0.717) is 34.5 Å². The maximum absolute atomic E-state index is 13.1. The summed E-state index contributed by atoms with van der Waals surface area (Å²) in [7, 11) is 0. The van der Waals surface area contributed by atoms with Crippen molar-refractivity contribution in [3.8, 4) is 5.75 Å². The fourth-order valence-corrected chi connectivity index (χ4v) is 4.52. The monoisotopic (exact) mass is 523 g/mol.